The van der Waals surface area contributed by atoms with Crippen molar-refractivity contribution >= 4 is 41.0 Å². The van der Waals surface area contributed by atoms with E-state index in [4.69, 9.17) is 4.74 Å². The van der Waals surface area contributed by atoms with Crippen LogP contribution < -0.4 is 21.2 Å². The zero-order valence-electron chi connectivity index (χ0n) is 18.0. The van der Waals surface area contributed by atoms with Crippen molar-refractivity contribution in [2.75, 3.05) is 0 Å². The predicted octanol–water partition coefficient (Wildman–Crippen LogP) is 0.831. The molecule has 2 N–H and O–H groups in total. The maximum absolute atomic E-state index is 12.4. The highest BCUT2D eigenvalue weighted by atomic mass is 32.2. The molecule has 0 aliphatic carbocycles. The monoisotopic (exact) mass is 494 g/mol. The number of imide groups is 1. The molecule has 0 radical (unpaired) electrons. The fraction of sp³-hybridized carbons (Fsp3) is 0.136. The van der Waals surface area contributed by atoms with Crippen LogP contribution in [0.1, 0.15) is 12.0 Å². The summed E-state index contributed by atoms with van der Waals surface area (Å²) in [5.74, 6) is -1.45. The summed E-state index contributed by atoms with van der Waals surface area (Å²) in [6.45, 7) is -0.312. The quantitative estimate of drug-likeness (QED) is 0.202. The molecule has 4 rings (SSSR count). The number of ether oxygens (including phenoxy) is 1. The SMILES string of the molecule is O=C(Cn1ncn(-c2ccccc2)c1=O)N/N=C\c1ccc(OC(=O)C[C@H]2SC(=O)NC2=O)cc1. The van der Waals surface area contributed by atoms with Gasteiger partial charge in [-0.1, -0.05) is 30.0 Å². The van der Waals surface area contributed by atoms with Gasteiger partial charge in [-0.15, -0.1) is 0 Å². The predicted molar refractivity (Wildman–Crippen MR) is 125 cm³/mol. The van der Waals surface area contributed by atoms with E-state index in [1.807, 2.05) is 6.07 Å². The molecular formula is C22H18N6O6S. The minimum atomic E-state index is -0.798. The van der Waals surface area contributed by atoms with Crippen LogP contribution in [0, 0.1) is 0 Å². The van der Waals surface area contributed by atoms with Gasteiger partial charge in [0, 0.05) is 0 Å². The zero-order chi connectivity index (χ0) is 24.8. The first-order chi connectivity index (χ1) is 16.9. The van der Waals surface area contributed by atoms with E-state index in [0.717, 1.165) is 16.4 Å². The van der Waals surface area contributed by atoms with Crippen LogP contribution in [-0.2, 0) is 20.9 Å². The number of carbonyl (C=O) groups is 4. The number of hydrazone groups is 1. The van der Waals surface area contributed by atoms with Gasteiger partial charge in [0.15, 0.2) is 0 Å². The molecule has 3 amide bonds. The van der Waals surface area contributed by atoms with Gasteiger partial charge in [-0.3, -0.25) is 24.5 Å². The molecule has 0 spiro atoms. The lowest BCUT2D eigenvalue weighted by Crippen LogP contribution is -2.31. The van der Waals surface area contributed by atoms with Crippen molar-refractivity contribution in [1.29, 1.82) is 0 Å². The van der Waals surface area contributed by atoms with E-state index in [1.54, 1.807) is 36.4 Å². The summed E-state index contributed by atoms with van der Waals surface area (Å²) >= 11 is 0.751. The Bertz CT molecular complexity index is 1350. The number of thioether (sulfide) groups is 1. The number of benzene rings is 2. The van der Waals surface area contributed by atoms with Gasteiger partial charge >= 0.3 is 11.7 Å². The molecule has 1 aromatic heterocycles. The van der Waals surface area contributed by atoms with Crippen molar-refractivity contribution in [3.63, 3.8) is 0 Å². The summed E-state index contributed by atoms with van der Waals surface area (Å²) in [6.07, 6.45) is 2.48. The van der Waals surface area contributed by atoms with Crippen LogP contribution in [0.5, 0.6) is 5.75 Å². The fourth-order valence-electron chi connectivity index (χ4n) is 3.04. The van der Waals surface area contributed by atoms with E-state index in [-0.39, 0.29) is 18.7 Å². The number of rotatable bonds is 8. The lowest BCUT2D eigenvalue weighted by molar-refractivity contribution is -0.135. The number of hydrogen-bond donors (Lipinski definition) is 2. The summed E-state index contributed by atoms with van der Waals surface area (Å²) in [4.78, 5) is 59.2. The molecule has 178 valence electrons. The molecule has 0 bridgehead atoms. The highest BCUT2D eigenvalue weighted by Gasteiger charge is 2.33. The van der Waals surface area contributed by atoms with Gasteiger partial charge in [0.05, 0.1) is 18.3 Å². The number of esters is 1. The second kappa shape index (κ2) is 10.6. The van der Waals surface area contributed by atoms with E-state index >= 15 is 0 Å². The minimum Gasteiger partial charge on any atom is -0.426 e. The second-order valence-corrected chi connectivity index (χ2v) is 8.38. The number of nitrogens with one attached hydrogen (secondary N) is 2. The summed E-state index contributed by atoms with van der Waals surface area (Å²) in [5.41, 5.74) is 3.10. The summed E-state index contributed by atoms with van der Waals surface area (Å²) in [7, 11) is 0. The van der Waals surface area contributed by atoms with Crippen LogP contribution >= 0.6 is 11.8 Å². The standard InChI is InChI=1S/C22H18N6O6S/c29-18(12-28-22(33)27(13-24-28)15-4-2-1-3-5-15)26-23-11-14-6-8-16(9-7-14)34-19(30)10-17-20(31)25-21(32)35-17/h1-9,11,13,17H,10,12H2,(H,26,29)(H,25,31,32)/b23-11-/t17-/m1/s1. The minimum absolute atomic E-state index is 0.232. The third-order valence-electron chi connectivity index (χ3n) is 4.69. The van der Waals surface area contributed by atoms with Gasteiger partial charge in [-0.05, 0) is 42.0 Å². The molecule has 1 saturated heterocycles. The zero-order valence-corrected chi connectivity index (χ0v) is 18.8. The van der Waals surface area contributed by atoms with Gasteiger partial charge < -0.3 is 4.74 Å². The lowest BCUT2D eigenvalue weighted by Gasteiger charge is -2.06. The maximum Gasteiger partial charge on any atom is 0.350 e. The molecular weight excluding hydrogens is 476 g/mol. The van der Waals surface area contributed by atoms with E-state index in [1.165, 1.54) is 29.2 Å². The van der Waals surface area contributed by atoms with Crippen LogP contribution in [0.3, 0.4) is 0 Å². The molecule has 12 nitrogen and oxygen atoms in total. The average molecular weight is 494 g/mol. The van der Waals surface area contributed by atoms with E-state index in [2.05, 4.69) is 20.9 Å². The van der Waals surface area contributed by atoms with Gasteiger partial charge in [0.1, 0.15) is 23.9 Å². The van der Waals surface area contributed by atoms with Gasteiger partial charge in [0.25, 0.3) is 11.1 Å². The molecule has 35 heavy (non-hydrogen) atoms. The fourth-order valence-corrected chi connectivity index (χ4v) is 3.84. The number of aromatic nitrogens is 3. The Morgan fingerprint density at radius 3 is 2.54 bits per heavy atom. The largest absolute Gasteiger partial charge is 0.426 e. The summed E-state index contributed by atoms with van der Waals surface area (Å²) in [5, 5.41) is 8.61. The first-order valence-corrected chi connectivity index (χ1v) is 11.1. The number of nitrogens with zero attached hydrogens (tertiary/aromatic N) is 4. The summed E-state index contributed by atoms with van der Waals surface area (Å²) in [6, 6.07) is 15.1. The van der Waals surface area contributed by atoms with Crippen molar-refractivity contribution in [2.24, 2.45) is 5.10 Å². The average Bonchev–Trinajstić information content (AvgIpc) is 3.35. The van der Waals surface area contributed by atoms with Crippen molar-refractivity contribution in [3.8, 4) is 11.4 Å². The van der Waals surface area contributed by atoms with Crippen molar-refractivity contribution < 1.29 is 23.9 Å². The Hall–Kier alpha value is -4.52. The highest BCUT2D eigenvalue weighted by Crippen LogP contribution is 2.23. The Morgan fingerprint density at radius 1 is 1.11 bits per heavy atom. The Labute approximate surface area is 202 Å². The van der Waals surface area contributed by atoms with Crippen LogP contribution in [0.15, 0.2) is 70.8 Å². The molecule has 2 aromatic carbocycles. The molecule has 1 aliphatic rings. The Morgan fingerprint density at radius 2 is 1.86 bits per heavy atom. The highest BCUT2D eigenvalue weighted by molar-refractivity contribution is 8.15. The first kappa shape index (κ1) is 23.6. The third-order valence-corrected chi connectivity index (χ3v) is 5.68. The number of hydrogen-bond acceptors (Lipinski definition) is 9. The smallest absolute Gasteiger partial charge is 0.350 e. The van der Waals surface area contributed by atoms with Crippen molar-refractivity contribution in [1.82, 2.24) is 25.1 Å². The van der Waals surface area contributed by atoms with Crippen molar-refractivity contribution in [2.45, 2.75) is 18.2 Å². The first-order valence-electron chi connectivity index (χ1n) is 10.2. The van der Waals surface area contributed by atoms with Crippen LogP contribution in [0.25, 0.3) is 5.69 Å². The van der Waals surface area contributed by atoms with Crippen LogP contribution in [0.4, 0.5) is 4.79 Å². The van der Waals surface area contributed by atoms with Crippen LogP contribution in [0.2, 0.25) is 0 Å². The Kier molecular flexibility index (Phi) is 7.16. The Balaban J connectivity index is 1.26. The molecule has 1 atom stereocenters. The third kappa shape index (κ3) is 6.09. The topological polar surface area (TPSA) is 154 Å². The van der Waals surface area contributed by atoms with E-state index in [0.29, 0.717) is 11.3 Å². The molecule has 0 unspecified atom stereocenters. The number of amides is 3. The molecule has 1 fully saturated rings. The number of carbonyl (C=O) groups excluding carboxylic acids is 4. The normalized spacial score (nSPS) is 15.3. The van der Waals surface area contributed by atoms with Gasteiger partial charge in [0.2, 0.25) is 5.91 Å². The molecule has 1 aliphatic heterocycles. The second-order valence-electron chi connectivity index (χ2n) is 7.20. The molecule has 13 heteroatoms. The van der Waals surface area contributed by atoms with Crippen molar-refractivity contribution in [3.05, 3.63) is 77.0 Å². The number of para-hydroxylation sites is 1. The van der Waals surface area contributed by atoms with Gasteiger partial charge in [-0.2, -0.15) is 10.2 Å². The van der Waals surface area contributed by atoms with E-state index < -0.39 is 34.0 Å². The van der Waals surface area contributed by atoms with E-state index in [9.17, 15) is 24.0 Å². The lowest BCUT2D eigenvalue weighted by atomic mass is 10.2. The molecule has 3 aromatic rings. The van der Waals surface area contributed by atoms with Crippen LogP contribution in [-0.4, -0.2) is 48.8 Å². The van der Waals surface area contributed by atoms with Gasteiger partial charge in [-0.25, -0.2) is 19.5 Å². The maximum atomic E-state index is 12.4. The molecule has 0 saturated carbocycles. The molecule has 2 heterocycles. The summed E-state index contributed by atoms with van der Waals surface area (Å²) < 4.78 is 7.51.